The average molecular weight is 333 g/mol. The number of aryl methyl sites for hydroxylation is 1. The molecule has 0 saturated heterocycles. The minimum atomic E-state index is -4.49. The maximum Gasteiger partial charge on any atom is 0.433 e. The predicted molar refractivity (Wildman–Crippen MR) is 84.5 cm³/mol. The van der Waals surface area contributed by atoms with Gasteiger partial charge in [-0.15, -0.1) is 0 Å². The molecule has 7 heteroatoms. The largest absolute Gasteiger partial charge is 0.433 e. The van der Waals surface area contributed by atoms with Crippen molar-refractivity contribution in [3.8, 4) is 0 Å². The van der Waals surface area contributed by atoms with E-state index in [1.807, 2.05) is 42.1 Å². The number of carbonyl (C=O) groups is 1. The molecule has 0 aliphatic heterocycles. The molecule has 0 fully saturated rings. The molecule has 124 valence electrons. The van der Waals surface area contributed by atoms with Gasteiger partial charge in [0.25, 0.3) is 0 Å². The molecule has 0 unspecified atom stereocenters. The van der Waals surface area contributed by atoms with Crippen LogP contribution in [0.2, 0.25) is 0 Å². The monoisotopic (exact) mass is 333 g/mol. The first-order chi connectivity index (χ1) is 11.3. The Morgan fingerprint density at radius 3 is 2.62 bits per heavy atom. The number of nitrogens with zero attached hydrogens (tertiary/aromatic N) is 2. The summed E-state index contributed by atoms with van der Waals surface area (Å²) in [4.78, 5) is 15.5. The summed E-state index contributed by atoms with van der Waals surface area (Å²) in [6, 6.07) is 9.72. The van der Waals surface area contributed by atoms with E-state index in [4.69, 9.17) is 0 Å². The number of benzene rings is 1. The Balaban J connectivity index is 1.73. The van der Waals surface area contributed by atoms with Gasteiger partial charge in [-0.1, -0.05) is 18.2 Å². The number of hydrogen-bond donors (Lipinski definition) is 1. The molecule has 0 atom stereocenters. The molecule has 0 spiro atoms. The third kappa shape index (κ3) is 3.24. The Bertz CT molecular complexity index is 882. The van der Waals surface area contributed by atoms with E-state index in [0.29, 0.717) is 0 Å². The zero-order valence-electron chi connectivity index (χ0n) is 12.8. The standard InChI is InChI=1S/C17H14F3N3O/c1-23-10-11(13-4-2-3-5-14(13)23)8-16(24)22-12-6-7-15(21-9-12)17(18,19)20/h2-7,9-10H,8H2,1H3,(H,22,24). The van der Waals surface area contributed by atoms with Gasteiger partial charge in [0.15, 0.2) is 0 Å². The molecule has 1 amide bonds. The Morgan fingerprint density at radius 2 is 1.96 bits per heavy atom. The number of amides is 1. The van der Waals surface area contributed by atoms with Gasteiger partial charge in [0, 0.05) is 24.1 Å². The molecule has 0 bridgehead atoms. The molecule has 0 saturated carbocycles. The van der Waals surface area contributed by atoms with Crippen molar-refractivity contribution in [2.24, 2.45) is 7.05 Å². The second kappa shape index (κ2) is 5.99. The lowest BCUT2D eigenvalue weighted by Gasteiger charge is -2.07. The number of halogens is 3. The Kier molecular flexibility index (Phi) is 4.01. The molecule has 0 radical (unpaired) electrons. The van der Waals surface area contributed by atoms with E-state index >= 15 is 0 Å². The van der Waals surface area contributed by atoms with Gasteiger partial charge in [0.05, 0.1) is 18.3 Å². The highest BCUT2D eigenvalue weighted by atomic mass is 19.4. The molecular weight excluding hydrogens is 319 g/mol. The average Bonchev–Trinajstić information content (AvgIpc) is 2.83. The number of pyridine rings is 1. The van der Waals surface area contributed by atoms with E-state index in [0.717, 1.165) is 28.7 Å². The van der Waals surface area contributed by atoms with E-state index in [9.17, 15) is 18.0 Å². The Morgan fingerprint density at radius 1 is 1.21 bits per heavy atom. The van der Waals surface area contributed by atoms with Gasteiger partial charge in [0.1, 0.15) is 5.69 Å². The first kappa shape index (κ1) is 16.0. The molecule has 0 aliphatic carbocycles. The van der Waals surface area contributed by atoms with Gasteiger partial charge in [-0.3, -0.25) is 4.79 Å². The highest BCUT2D eigenvalue weighted by Gasteiger charge is 2.32. The molecule has 3 aromatic rings. The highest BCUT2D eigenvalue weighted by Crippen LogP contribution is 2.28. The SMILES string of the molecule is Cn1cc(CC(=O)Nc2ccc(C(F)(F)F)nc2)c2ccccc21. The first-order valence-electron chi connectivity index (χ1n) is 7.20. The third-order valence-electron chi connectivity index (χ3n) is 3.67. The number of nitrogens with one attached hydrogen (secondary N) is 1. The maximum absolute atomic E-state index is 12.5. The van der Waals surface area contributed by atoms with Gasteiger partial charge >= 0.3 is 6.18 Å². The van der Waals surface area contributed by atoms with Gasteiger partial charge in [-0.25, -0.2) is 4.98 Å². The number of anilines is 1. The summed E-state index contributed by atoms with van der Waals surface area (Å²) in [6.45, 7) is 0. The number of hydrogen-bond acceptors (Lipinski definition) is 2. The molecule has 1 N–H and O–H groups in total. The van der Waals surface area contributed by atoms with Crippen LogP contribution in [0, 0.1) is 0 Å². The quantitative estimate of drug-likeness (QED) is 0.793. The van der Waals surface area contributed by atoms with Crippen molar-refractivity contribution < 1.29 is 18.0 Å². The fraction of sp³-hybridized carbons (Fsp3) is 0.176. The lowest BCUT2D eigenvalue weighted by molar-refractivity contribution is -0.141. The summed E-state index contributed by atoms with van der Waals surface area (Å²) >= 11 is 0. The number of rotatable bonds is 3. The number of alkyl halides is 3. The van der Waals surface area contributed by atoms with Crippen molar-refractivity contribution >= 4 is 22.5 Å². The molecule has 0 aliphatic rings. The van der Waals surface area contributed by atoms with E-state index in [2.05, 4.69) is 10.3 Å². The lowest BCUT2D eigenvalue weighted by Crippen LogP contribution is -2.15. The second-order valence-corrected chi connectivity index (χ2v) is 5.44. The Labute approximate surface area is 135 Å². The van der Waals surface area contributed by atoms with E-state index in [1.165, 1.54) is 6.07 Å². The minimum absolute atomic E-state index is 0.127. The van der Waals surface area contributed by atoms with Crippen LogP contribution in [-0.4, -0.2) is 15.5 Å². The topological polar surface area (TPSA) is 46.9 Å². The summed E-state index contributed by atoms with van der Waals surface area (Å²) in [6.07, 6.45) is -1.49. The number of fused-ring (bicyclic) bond motifs is 1. The van der Waals surface area contributed by atoms with Gasteiger partial charge < -0.3 is 9.88 Å². The lowest BCUT2D eigenvalue weighted by atomic mass is 10.1. The first-order valence-corrected chi connectivity index (χ1v) is 7.20. The van der Waals surface area contributed by atoms with Crippen LogP contribution in [0.5, 0.6) is 0 Å². The number of carbonyl (C=O) groups excluding carboxylic acids is 1. The molecule has 2 heterocycles. The molecular formula is C17H14F3N3O. The van der Waals surface area contributed by atoms with Crippen LogP contribution in [-0.2, 0) is 24.4 Å². The van der Waals surface area contributed by atoms with Crippen LogP contribution in [0.3, 0.4) is 0 Å². The van der Waals surface area contributed by atoms with Gasteiger partial charge in [-0.05, 0) is 23.8 Å². The zero-order valence-corrected chi connectivity index (χ0v) is 12.8. The summed E-state index contributed by atoms with van der Waals surface area (Å²) in [7, 11) is 1.89. The molecule has 1 aromatic carbocycles. The van der Waals surface area contributed by atoms with Crippen LogP contribution in [0.1, 0.15) is 11.3 Å². The van der Waals surface area contributed by atoms with E-state index in [-0.39, 0.29) is 18.0 Å². The van der Waals surface area contributed by atoms with Crippen molar-refractivity contribution in [1.82, 2.24) is 9.55 Å². The van der Waals surface area contributed by atoms with Crippen molar-refractivity contribution in [3.63, 3.8) is 0 Å². The van der Waals surface area contributed by atoms with Crippen molar-refractivity contribution in [2.75, 3.05) is 5.32 Å². The fourth-order valence-electron chi connectivity index (χ4n) is 2.58. The Hall–Kier alpha value is -2.83. The van der Waals surface area contributed by atoms with Crippen molar-refractivity contribution in [1.29, 1.82) is 0 Å². The number of para-hydroxylation sites is 1. The number of aromatic nitrogens is 2. The summed E-state index contributed by atoms with van der Waals surface area (Å²) < 4.78 is 39.3. The zero-order chi connectivity index (χ0) is 17.3. The molecule has 4 nitrogen and oxygen atoms in total. The minimum Gasteiger partial charge on any atom is -0.350 e. The molecule has 24 heavy (non-hydrogen) atoms. The van der Waals surface area contributed by atoms with Crippen molar-refractivity contribution in [2.45, 2.75) is 12.6 Å². The highest BCUT2D eigenvalue weighted by molar-refractivity contribution is 5.95. The van der Waals surface area contributed by atoms with Crippen LogP contribution >= 0.6 is 0 Å². The molecule has 2 aromatic heterocycles. The van der Waals surface area contributed by atoms with Crippen molar-refractivity contribution in [3.05, 3.63) is 60.0 Å². The second-order valence-electron chi connectivity index (χ2n) is 5.44. The van der Waals surface area contributed by atoms with Crippen LogP contribution in [0.4, 0.5) is 18.9 Å². The van der Waals surface area contributed by atoms with Crippen LogP contribution in [0.15, 0.2) is 48.8 Å². The summed E-state index contributed by atoms with van der Waals surface area (Å²) in [5, 5.41) is 3.54. The normalized spacial score (nSPS) is 11.7. The molecule has 3 rings (SSSR count). The maximum atomic E-state index is 12.5. The van der Waals surface area contributed by atoms with Gasteiger partial charge in [0.2, 0.25) is 5.91 Å². The van der Waals surface area contributed by atoms with Crippen LogP contribution < -0.4 is 5.32 Å². The van der Waals surface area contributed by atoms with E-state index in [1.54, 1.807) is 0 Å². The van der Waals surface area contributed by atoms with Gasteiger partial charge in [-0.2, -0.15) is 13.2 Å². The fourth-order valence-corrected chi connectivity index (χ4v) is 2.58. The summed E-state index contributed by atoms with van der Waals surface area (Å²) in [5.41, 5.74) is 1.10. The predicted octanol–water partition coefficient (Wildman–Crippen LogP) is 3.77. The van der Waals surface area contributed by atoms with E-state index < -0.39 is 11.9 Å². The van der Waals surface area contributed by atoms with Crippen LogP contribution in [0.25, 0.3) is 10.9 Å². The third-order valence-corrected chi connectivity index (χ3v) is 3.67. The summed E-state index contributed by atoms with van der Waals surface area (Å²) in [5.74, 6) is -0.312. The smallest absolute Gasteiger partial charge is 0.350 e.